The summed E-state index contributed by atoms with van der Waals surface area (Å²) in [5.41, 5.74) is 0. The Hall–Kier alpha value is -1.21. The second-order valence-electron chi connectivity index (χ2n) is 3.91. The van der Waals surface area contributed by atoms with Gasteiger partial charge in [-0.1, -0.05) is 12.5 Å². The van der Waals surface area contributed by atoms with Gasteiger partial charge in [0.2, 0.25) is 5.95 Å². The van der Waals surface area contributed by atoms with Crippen LogP contribution in [0.5, 0.6) is 0 Å². The van der Waals surface area contributed by atoms with Gasteiger partial charge in [0.1, 0.15) is 5.82 Å². The summed E-state index contributed by atoms with van der Waals surface area (Å²) in [6, 6.07) is 4.00. The van der Waals surface area contributed by atoms with Crippen LogP contribution in [-0.4, -0.2) is 30.8 Å². The van der Waals surface area contributed by atoms with Crippen LogP contribution in [0.3, 0.4) is 0 Å². The van der Waals surface area contributed by atoms with Crippen LogP contribution in [0.4, 0.5) is 10.2 Å². The molecule has 1 aromatic rings. The smallest absolute Gasteiger partial charge is 0.254 e. The molecule has 94 valence electrons. The molecule has 5 nitrogen and oxygen atoms in total. The van der Waals surface area contributed by atoms with E-state index in [-0.39, 0.29) is 5.82 Å². The van der Waals surface area contributed by atoms with Gasteiger partial charge in [0.05, 0.1) is 0 Å². The zero-order chi connectivity index (χ0) is 12.3. The third kappa shape index (κ3) is 3.13. The highest BCUT2D eigenvalue weighted by Gasteiger charge is 2.23. The fourth-order valence-corrected chi connectivity index (χ4v) is 3.01. The van der Waals surface area contributed by atoms with Gasteiger partial charge in [-0.15, -0.1) is 0 Å². The fourth-order valence-electron chi connectivity index (χ4n) is 1.77. The van der Waals surface area contributed by atoms with E-state index in [1.807, 2.05) is 0 Å². The van der Waals surface area contributed by atoms with Crippen molar-refractivity contribution in [1.29, 1.82) is 0 Å². The first-order chi connectivity index (χ1) is 8.08. The van der Waals surface area contributed by atoms with Crippen molar-refractivity contribution in [3.05, 3.63) is 24.1 Å². The Morgan fingerprint density at radius 2 is 1.94 bits per heavy atom. The van der Waals surface area contributed by atoms with E-state index >= 15 is 0 Å². The molecular formula is C10H14FN3O2S. The molecule has 1 saturated heterocycles. The number of piperidine rings is 1. The first kappa shape index (κ1) is 12.3. The van der Waals surface area contributed by atoms with Gasteiger partial charge >= 0.3 is 10.2 Å². The first-order valence-electron chi connectivity index (χ1n) is 5.48. The highest BCUT2D eigenvalue weighted by atomic mass is 32.2. The second-order valence-corrected chi connectivity index (χ2v) is 5.58. The van der Waals surface area contributed by atoms with Crippen molar-refractivity contribution in [1.82, 2.24) is 9.29 Å². The summed E-state index contributed by atoms with van der Waals surface area (Å²) in [4.78, 5) is 3.47. The molecule has 0 unspecified atom stereocenters. The normalized spacial score (nSPS) is 17.9. The maximum absolute atomic E-state index is 12.8. The van der Waals surface area contributed by atoms with E-state index < -0.39 is 16.2 Å². The van der Waals surface area contributed by atoms with E-state index in [0.29, 0.717) is 13.1 Å². The van der Waals surface area contributed by atoms with E-state index in [0.717, 1.165) is 19.3 Å². The van der Waals surface area contributed by atoms with Gasteiger partial charge in [-0.3, -0.25) is 4.72 Å². The lowest BCUT2D eigenvalue weighted by atomic mass is 10.2. The predicted molar refractivity (Wildman–Crippen MR) is 62.2 cm³/mol. The summed E-state index contributed by atoms with van der Waals surface area (Å²) in [7, 11) is -3.60. The fraction of sp³-hybridized carbons (Fsp3) is 0.500. The van der Waals surface area contributed by atoms with Crippen molar-refractivity contribution < 1.29 is 12.8 Å². The Balaban J connectivity index is 2.11. The van der Waals surface area contributed by atoms with Crippen LogP contribution in [0.2, 0.25) is 0 Å². The average Bonchev–Trinajstić information content (AvgIpc) is 2.29. The van der Waals surface area contributed by atoms with E-state index in [1.165, 1.54) is 22.5 Å². The average molecular weight is 259 g/mol. The van der Waals surface area contributed by atoms with E-state index in [1.54, 1.807) is 0 Å². The maximum atomic E-state index is 12.8. The summed E-state index contributed by atoms with van der Waals surface area (Å²) < 4.78 is 40.3. The van der Waals surface area contributed by atoms with Gasteiger partial charge < -0.3 is 0 Å². The van der Waals surface area contributed by atoms with Crippen LogP contribution in [-0.2, 0) is 10.2 Å². The molecule has 2 rings (SSSR count). The van der Waals surface area contributed by atoms with Crippen LogP contribution in [0, 0.1) is 5.95 Å². The highest BCUT2D eigenvalue weighted by Crippen LogP contribution is 2.15. The number of anilines is 1. The number of nitrogens with zero attached hydrogens (tertiary/aromatic N) is 2. The van der Waals surface area contributed by atoms with Crippen LogP contribution in [0.1, 0.15) is 19.3 Å². The summed E-state index contributed by atoms with van der Waals surface area (Å²) in [6.07, 6.45) is 2.76. The van der Waals surface area contributed by atoms with E-state index in [2.05, 4.69) is 9.71 Å². The Morgan fingerprint density at radius 1 is 1.24 bits per heavy atom. The molecule has 1 aliphatic heterocycles. The molecular weight excluding hydrogens is 245 g/mol. The lowest BCUT2D eigenvalue weighted by molar-refractivity contribution is 0.349. The molecule has 1 aromatic heterocycles. The second kappa shape index (κ2) is 4.97. The van der Waals surface area contributed by atoms with Crippen molar-refractivity contribution in [2.45, 2.75) is 19.3 Å². The van der Waals surface area contributed by atoms with Gasteiger partial charge in [-0.25, -0.2) is 4.98 Å². The number of nitrogens with one attached hydrogen (secondary N) is 1. The molecule has 7 heteroatoms. The molecule has 1 N–H and O–H groups in total. The minimum absolute atomic E-state index is 0.00979. The predicted octanol–water partition coefficient (Wildman–Crippen LogP) is 1.36. The van der Waals surface area contributed by atoms with Crippen molar-refractivity contribution in [3.63, 3.8) is 0 Å². The standard InChI is InChI=1S/C10H14FN3O2S/c11-9-5-4-6-10(12-9)13-17(15,16)14-7-2-1-3-8-14/h4-6H,1-3,7-8H2,(H,12,13). The zero-order valence-electron chi connectivity index (χ0n) is 9.26. The quantitative estimate of drug-likeness (QED) is 0.834. The molecule has 0 aromatic carbocycles. The van der Waals surface area contributed by atoms with Gasteiger partial charge in [0, 0.05) is 13.1 Å². The molecule has 1 fully saturated rings. The first-order valence-corrected chi connectivity index (χ1v) is 6.92. The summed E-state index contributed by atoms with van der Waals surface area (Å²) in [5, 5.41) is 0. The number of hydrogen-bond donors (Lipinski definition) is 1. The number of hydrogen-bond acceptors (Lipinski definition) is 3. The van der Waals surface area contributed by atoms with Crippen LogP contribution < -0.4 is 4.72 Å². The number of rotatable bonds is 3. The summed E-state index contributed by atoms with van der Waals surface area (Å²) >= 11 is 0. The Morgan fingerprint density at radius 3 is 2.59 bits per heavy atom. The number of pyridine rings is 1. The molecule has 0 aliphatic carbocycles. The highest BCUT2D eigenvalue weighted by molar-refractivity contribution is 7.90. The lowest BCUT2D eigenvalue weighted by Gasteiger charge is -2.25. The SMILES string of the molecule is O=S(=O)(Nc1cccc(F)n1)N1CCCCC1. The number of halogens is 1. The van der Waals surface area contributed by atoms with Crippen LogP contribution >= 0.6 is 0 Å². The minimum Gasteiger partial charge on any atom is -0.254 e. The summed E-state index contributed by atoms with van der Waals surface area (Å²) in [6.45, 7) is 1.01. The van der Waals surface area contributed by atoms with Crippen LogP contribution in [0.25, 0.3) is 0 Å². The van der Waals surface area contributed by atoms with Gasteiger partial charge in [0.15, 0.2) is 0 Å². The van der Waals surface area contributed by atoms with Crippen molar-refractivity contribution in [2.24, 2.45) is 0 Å². The topological polar surface area (TPSA) is 62.3 Å². The van der Waals surface area contributed by atoms with Crippen LogP contribution in [0.15, 0.2) is 18.2 Å². The van der Waals surface area contributed by atoms with E-state index in [9.17, 15) is 12.8 Å². The van der Waals surface area contributed by atoms with Crippen molar-refractivity contribution in [3.8, 4) is 0 Å². The molecule has 0 spiro atoms. The molecule has 0 atom stereocenters. The molecule has 0 radical (unpaired) electrons. The maximum Gasteiger partial charge on any atom is 0.302 e. The molecule has 1 aliphatic rings. The Bertz CT molecular complexity index is 486. The monoisotopic (exact) mass is 259 g/mol. The zero-order valence-corrected chi connectivity index (χ0v) is 10.1. The number of aromatic nitrogens is 1. The summed E-state index contributed by atoms with van der Waals surface area (Å²) in [5.74, 6) is -0.695. The molecule has 2 heterocycles. The molecule has 0 saturated carbocycles. The third-order valence-electron chi connectivity index (χ3n) is 2.60. The Kier molecular flexibility index (Phi) is 3.58. The molecule has 0 amide bonds. The van der Waals surface area contributed by atoms with Gasteiger partial charge in [0.25, 0.3) is 0 Å². The third-order valence-corrected chi connectivity index (χ3v) is 4.12. The van der Waals surface area contributed by atoms with E-state index in [4.69, 9.17) is 0 Å². The van der Waals surface area contributed by atoms with Gasteiger partial charge in [-0.2, -0.15) is 17.1 Å². The largest absolute Gasteiger partial charge is 0.302 e. The molecule has 17 heavy (non-hydrogen) atoms. The van der Waals surface area contributed by atoms with Crippen molar-refractivity contribution in [2.75, 3.05) is 17.8 Å². The van der Waals surface area contributed by atoms with Gasteiger partial charge in [-0.05, 0) is 25.0 Å². The Labute approximate surface area is 99.8 Å². The molecule has 0 bridgehead atoms. The lowest BCUT2D eigenvalue weighted by Crippen LogP contribution is -2.39. The minimum atomic E-state index is -3.60. The van der Waals surface area contributed by atoms with Crippen molar-refractivity contribution >= 4 is 16.0 Å².